The molecule has 0 spiro atoms. The van der Waals surface area contributed by atoms with Crippen LogP contribution in [0.5, 0.6) is 0 Å². The van der Waals surface area contributed by atoms with Gasteiger partial charge in [-0.05, 0) is 48.9 Å². The number of carbonyl (C=O) groups excluding carboxylic acids is 1. The maximum atomic E-state index is 12.4. The van der Waals surface area contributed by atoms with Crippen LogP contribution < -0.4 is 0 Å². The first-order valence-electron chi connectivity index (χ1n) is 7.62. The van der Waals surface area contributed by atoms with Gasteiger partial charge >= 0.3 is 0 Å². The fraction of sp³-hybridized carbons (Fsp3) is 0.562. The molecule has 0 N–H and O–H groups in total. The topological polar surface area (TPSA) is 63.7 Å². The minimum Gasteiger partial charge on any atom is -0.381 e. The van der Waals surface area contributed by atoms with Crippen molar-refractivity contribution in [3.05, 3.63) is 29.8 Å². The Labute approximate surface area is 131 Å². The highest BCUT2D eigenvalue weighted by Crippen LogP contribution is 2.31. The Kier molecular flexibility index (Phi) is 4.23. The van der Waals surface area contributed by atoms with Crippen LogP contribution in [0.1, 0.15) is 23.2 Å². The summed E-state index contributed by atoms with van der Waals surface area (Å²) in [4.78, 5) is 14.5. The molecule has 1 amide bonds. The second-order valence-electron chi connectivity index (χ2n) is 6.22. The molecule has 2 saturated heterocycles. The van der Waals surface area contributed by atoms with Crippen molar-refractivity contribution in [2.24, 2.45) is 11.8 Å². The van der Waals surface area contributed by atoms with E-state index in [4.69, 9.17) is 4.74 Å². The van der Waals surface area contributed by atoms with Crippen molar-refractivity contribution in [2.45, 2.75) is 17.7 Å². The Balaban J connectivity index is 1.59. The summed E-state index contributed by atoms with van der Waals surface area (Å²) in [5, 5.41) is 0. The van der Waals surface area contributed by atoms with Crippen molar-refractivity contribution in [1.82, 2.24) is 4.90 Å². The van der Waals surface area contributed by atoms with Gasteiger partial charge < -0.3 is 9.64 Å². The van der Waals surface area contributed by atoms with Gasteiger partial charge in [-0.15, -0.1) is 0 Å². The molecule has 6 heteroatoms. The van der Waals surface area contributed by atoms with Crippen LogP contribution in [0.4, 0.5) is 0 Å². The molecule has 0 aromatic heterocycles. The van der Waals surface area contributed by atoms with Crippen LogP contribution in [-0.2, 0) is 14.6 Å². The largest absolute Gasteiger partial charge is 0.381 e. The van der Waals surface area contributed by atoms with Gasteiger partial charge in [-0.1, -0.05) is 0 Å². The van der Waals surface area contributed by atoms with Gasteiger partial charge in [0.15, 0.2) is 9.84 Å². The molecule has 2 fully saturated rings. The van der Waals surface area contributed by atoms with Gasteiger partial charge in [0.05, 0.1) is 4.90 Å². The number of rotatable bonds is 3. The lowest BCUT2D eigenvalue weighted by atomic mass is 9.81. The number of ether oxygens (including phenoxy) is 1. The standard InChI is InChI=1S/C16H21NO4S/c1-22(19,20)15-4-2-13(3-5-15)16(18)17-10-14(11-17)12-6-8-21-9-7-12/h2-5,12,14H,6-11H2,1H3. The van der Waals surface area contributed by atoms with E-state index in [9.17, 15) is 13.2 Å². The highest BCUT2D eigenvalue weighted by Gasteiger charge is 2.36. The molecule has 120 valence electrons. The number of amides is 1. The van der Waals surface area contributed by atoms with Crippen molar-refractivity contribution in [3.63, 3.8) is 0 Å². The lowest BCUT2D eigenvalue weighted by Crippen LogP contribution is -2.53. The summed E-state index contributed by atoms with van der Waals surface area (Å²) in [7, 11) is -3.22. The van der Waals surface area contributed by atoms with E-state index in [0.717, 1.165) is 45.4 Å². The zero-order chi connectivity index (χ0) is 15.7. The third-order valence-corrected chi connectivity index (χ3v) is 5.79. The van der Waals surface area contributed by atoms with Gasteiger partial charge in [-0.25, -0.2) is 8.42 Å². The van der Waals surface area contributed by atoms with Gasteiger partial charge in [0.2, 0.25) is 0 Å². The van der Waals surface area contributed by atoms with E-state index < -0.39 is 9.84 Å². The third kappa shape index (κ3) is 3.17. The summed E-state index contributed by atoms with van der Waals surface area (Å²) >= 11 is 0. The summed E-state index contributed by atoms with van der Waals surface area (Å²) in [6, 6.07) is 6.19. The minimum atomic E-state index is -3.22. The molecule has 0 bridgehead atoms. The Morgan fingerprint density at radius 2 is 1.68 bits per heavy atom. The molecule has 0 aliphatic carbocycles. The number of benzene rings is 1. The quantitative estimate of drug-likeness (QED) is 0.847. The van der Waals surface area contributed by atoms with E-state index in [1.54, 1.807) is 12.1 Å². The first kappa shape index (κ1) is 15.5. The number of hydrogen-bond donors (Lipinski definition) is 0. The fourth-order valence-corrected chi connectivity index (χ4v) is 3.82. The number of sulfone groups is 1. The van der Waals surface area contributed by atoms with Crippen LogP contribution in [0.25, 0.3) is 0 Å². The zero-order valence-electron chi connectivity index (χ0n) is 12.7. The Bertz CT molecular complexity index is 641. The first-order valence-corrected chi connectivity index (χ1v) is 9.51. The van der Waals surface area contributed by atoms with Crippen molar-refractivity contribution in [1.29, 1.82) is 0 Å². The van der Waals surface area contributed by atoms with E-state index >= 15 is 0 Å². The SMILES string of the molecule is CS(=O)(=O)c1ccc(C(=O)N2CC(C3CCOCC3)C2)cc1. The van der Waals surface area contributed by atoms with Crippen molar-refractivity contribution in [2.75, 3.05) is 32.6 Å². The van der Waals surface area contributed by atoms with Gasteiger partial charge in [-0.3, -0.25) is 4.79 Å². The first-order chi connectivity index (χ1) is 10.4. The monoisotopic (exact) mass is 323 g/mol. The summed E-state index contributed by atoms with van der Waals surface area (Å²) < 4.78 is 28.2. The molecule has 3 rings (SSSR count). The van der Waals surface area contributed by atoms with Crippen LogP contribution in [0.15, 0.2) is 29.2 Å². The van der Waals surface area contributed by atoms with Gasteiger partial charge in [0, 0.05) is 38.1 Å². The Morgan fingerprint density at radius 3 is 2.23 bits per heavy atom. The molecule has 0 unspecified atom stereocenters. The lowest BCUT2D eigenvalue weighted by molar-refractivity contribution is -0.00263. The van der Waals surface area contributed by atoms with Crippen molar-refractivity contribution in [3.8, 4) is 0 Å². The predicted octanol–water partition coefficient (Wildman–Crippen LogP) is 1.59. The Hall–Kier alpha value is -1.40. The zero-order valence-corrected chi connectivity index (χ0v) is 13.5. The number of nitrogens with zero attached hydrogens (tertiary/aromatic N) is 1. The van der Waals surface area contributed by atoms with Gasteiger partial charge in [-0.2, -0.15) is 0 Å². The number of likely N-dealkylation sites (tertiary alicyclic amines) is 1. The molecule has 0 saturated carbocycles. The lowest BCUT2D eigenvalue weighted by Gasteiger charge is -2.44. The summed E-state index contributed by atoms with van der Waals surface area (Å²) in [5.41, 5.74) is 0.554. The molecule has 0 radical (unpaired) electrons. The highest BCUT2D eigenvalue weighted by atomic mass is 32.2. The molecular weight excluding hydrogens is 302 g/mol. The summed E-state index contributed by atoms with van der Waals surface area (Å²) in [6.07, 6.45) is 3.35. The number of hydrogen-bond acceptors (Lipinski definition) is 4. The van der Waals surface area contributed by atoms with E-state index in [-0.39, 0.29) is 10.8 Å². The van der Waals surface area contributed by atoms with Crippen LogP contribution in [0.2, 0.25) is 0 Å². The van der Waals surface area contributed by atoms with Crippen LogP contribution in [0, 0.1) is 11.8 Å². The van der Waals surface area contributed by atoms with E-state index in [0.29, 0.717) is 17.4 Å². The summed E-state index contributed by atoms with van der Waals surface area (Å²) in [6.45, 7) is 3.28. The molecule has 1 aromatic carbocycles. The molecule has 2 aliphatic heterocycles. The normalized spacial score (nSPS) is 20.7. The molecule has 0 atom stereocenters. The average molecular weight is 323 g/mol. The number of carbonyl (C=O) groups is 1. The van der Waals surface area contributed by atoms with Crippen LogP contribution in [-0.4, -0.2) is 51.8 Å². The van der Waals surface area contributed by atoms with E-state index in [1.807, 2.05) is 4.90 Å². The second kappa shape index (κ2) is 6.01. The van der Waals surface area contributed by atoms with E-state index in [1.165, 1.54) is 12.1 Å². The van der Waals surface area contributed by atoms with E-state index in [2.05, 4.69) is 0 Å². The Morgan fingerprint density at radius 1 is 1.09 bits per heavy atom. The van der Waals surface area contributed by atoms with Crippen molar-refractivity contribution >= 4 is 15.7 Å². The van der Waals surface area contributed by atoms with Gasteiger partial charge in [0.1, 0.15) is 0 Å². The fourth-order valence-electron chi connectivity index (χ4n) is 3.19. The summed E-state index contributed by atoms with van der Waals surface area (Å²) in [5.74, 6) is 1.25. The van der Waals surface area contributed by atoms with Crippen LogP contribution >= 0.6 is 0 Å². The molecule has 2 heterocycles. The van der Waals surface area contributed by atoms with Crippen molar-refractivity contribution < 1.29 is 17.9 Å². The molecule has 5 nitrogen and oxygen atoms in total. The van der Waals surface area contributed by atoms with Crippen LogP contribution in [0.3, 0.4) is 0 Å². The second-order valence-corrected chi connectivity index (χ2v) is 8.23. The third-order valence-electron chi connectivity index (χ3n) is 4.66. The molecular formula is C16H21NO4S. The molecule has 22 heavy (non-hydrogen) atoms. The molecule has 2 aliphatic rings. The highest BCUT2D eigenvalue weighted by molar-refractivity contribution is 7.90. The maximum Gasteiger partial charge on any atom is 0.253 e. The molecule has 1 aromatic rings. The maximum absolute atomic E-state index is 12.4. The predicted molar refractivity (Wildman–Crippen MR) is 82.5 cm³/mol. The minimum absolute atomic E-state index is 0.0108. The smallest absolute Gasteiger partial charge is 0.253 e. The average Bonchev–Trinajstić information content (AvgIpc) is 2.46. The van der Waals surface area contributed by atoms with Gasteiger partial charge in [0.25, 0.3) is 5.91 Å².